The quantitative estimate of drug-likeness (QED) is 0.367. The molecule has 1 amide bonds. The summed E-state index contributed by atoms with van der Waals surface area (Å²) in [6, 6.07) is 24.0. The highest BCUT2D eigenvalue weighted by Crippen LogP contribution is 2.31. The topological polar surface area (TPSA) is 34.0 Å². The summed E-state index contributed by atoms with van der Waals surface area (Å²) in [6.45, 7) is 2.94. The number of halogens is 1. The maximum Gasteiger partial charge on any atom is 0.234 e. The third-order valence-corrected chi connectivity index (χ3v) is 6.10. The van der Waals surface area contributed by atoms with Gasteiger partial charge < -0.3 is 9.88 Å². The van der Waals surface area contributed by atoms with Crippen molar-refractivity contribution in [2.75, 3.05) is 11.1 Å². The van der Waals surface area contributed by atoms with Crippen LogP contribution >= 0.6 is 23.4 Å². The first-order valence-electron chi connectivity index (χ1n) is 9.41. The normalized spacial score (nSPS) is 11.0. The summed E-state index contributed by atoms with van der Waals surface area (Å²) in [4.78, 5) is 13.5. The Morgan fingerprint density at radius 2 is 1.83 bits per heavy atom. The molecule has 0 aliphatic rings. The summed E-state index contributed by atoms with van der Waals surface area (Å²) in [5, 5.41) is 4.68. The molecule has 1 aromatic heterocycles. The highest BCUT2D eigenvalue weighted by atomic mass is 35.5. The number of hydrogen-bond acceptors (Lipinski definition) is 2. The summed E-state index contributed by atoms with van der Waals surface area (Å²) in [5.41, 5.74) is 4.46. The molecule has 0 radical (unpaired) electrons. The number of nitrogens with zero attached hydrogens (tertiary/aromatic N) is 1. The first-order valence-corrected chi connectivity index (χ1v) is 10.8. The molecule has 1 N–H and O–H groups in total. The lowest BCUT2D eigenvalue weighted by atomic mass is 10.1. The molecule has 0 aliphatic heterocycles. The number of hydrogen-bond donors (Lipinski definition) is 1. The van der Waals surface area contributed by atoms with E-state index in [1.54, 1.807) is 23.9 Å². The highest BCUT2D eigenvalue weighted by Gasteiger charge is 2.12. The van der Waals surface area contributed by atoms with E-state index < -0.39 is 0 Å². The van der Waals surface area contributed by atoms with Crippen molar-refractivity contribution in [1.29, 1.82) is 0 Å². The van der Waals surface area contributed by atoms with Crippen LogP contribution in [0.2, 0.25) is 5.02 Å². The maximum absolute atomic E-state index is 12.4. The molecule has 1 heterocycles. The van der Waals surface area contributed by atoms with E-state index in [-0.39, 0.29) is 5.91 Å². The number of nitrogens with one attached hydrogen (secondary N) is 1. The molecule has 0 spiro atoms. The molecule has 29 heavy (non-hydrogen) atoms. The van der Waals surface area contributed by atoms with E-state index in [4.69, 9.17) is 11.6 Å². The fourth-order valence-electron chi connectivity index (χ4n) is 3.34. The molecule has 0 saturated heterocycles. The van der Waals surface area contributed by atoms with E-state index in [0.717, 1.165) is 11.4 Å². The minimum Gasteiger partial charge on any atom is -0.342 e. The number of rotatable bonds is 6. The Hall–Kier alpha value is -2.69. The first-order chi connectivity index (χ1) is 14.1. The SMILES string of the molecule is Cc1ccccc1Cn1cc(SCC(=O)Nc2cccc(Cl)c2)c2ccccc21. The second-order valence-corrected chi connectivity index (χ2v) is 8.37. The summed E-state index contributed by atoms with van der Waals surface area (Å²) >= 11 is 7.54. The van der Waals surface area contributed by atoms with Crippen LogP contribution in [0.25, 0.3) is 10.9 Å². The average Bonchev–Trinajstić information content (AvgIpc) is 3.06. The van der Waals surface area contributed by atoms with Gasteiger partial charge in [0.25, 0.3) is 0 Å². The van der Waals surface area contributed by atoms with Crippen LogP contribution in [0.15, 0.2) is 83.9 Å². The van der Waals surface area contributed by atoms with Gasteiger partial charge in [0, 0.05) is 39.3 Å². The molecule has 4 rings (SSSR count). The molecule has 0 unspecified atom stereocenters. The average molecular weight is 421 g/mol. The Morgan fingerprint density at radius 1 is 1.03 bits per heavy atom. The molecule has 146 valence electrons. The van der Waals surface area contributed by atoms with Gasteiger partial charge >= 0.3 is 0 Å². The summed E-state index contributed by atoms with van der Waals surface area (Å²) < 4.78 is 2.26. The monoisotopic (exact) mass is 420 g/mol. The third-order valence-electron chi connectivity index (χ3n) is 4.82. The number of carbonyl (C=O) groups excluding carboxylic acids is 1. The van der Waals surface area contributed by atoms with E-state index in [2.05, 4.69) is 65.5 Å². The van der Waals surface area contributed by atoms with Crippen LogP contribution in [-0.2, 0) is 11.3 Å². The van der Waals surface area contributed by atoms with Gasteiger partial charge in [-0.1, -0.05) is 60.1 Å². The van der Waals surface area contributed by atoms with Crippen LogP contribution in [0.1, 0.15) is 11.1 Å². The standard InChI is InChI=1S/C24H21ClN2OS/c1-17-7-2-3-8-18(17)14-27-15-23(21-11-4-5-12-22(21)27)29-16-24(28)26-20-10-6-9-19(25)13-20/h2-13,15H,14,16H2,1H3,(H,26,28). The molecular formula is C24H21ClN2OS. The number of carbonyl (C=O) groups is 1. The van der Waals surface area contributed by atoms with Crippen LogP contribution in [0.4, 0.5) is 5.69 Å². The second kappa shape index (κ2) is 8.76. The van der Waals surface area contributed by atoms with Crippen molar-refractivity contribution in [3.8, 4) is 0 Å². The predicted molar refractivity (Wildman–Crippen MR) is 123 cm³/mol. The van der Waals surface area contributed by atoms with Gasteiger partial charge in [0.15, 0.2) is 0 Å². The van der Waals surface area contributed by atoms with Gasteiger partial charge in [-0.2, -0.15) is 0 Å². The van der Waals surface area contributed by atoms with Crippen molar-refractivity contribution in [2.24, 2.45) is 0 Å². The zero-order valence-electron chi connectivity index (χ0n) is 16.1. The molecule has 3 nitrogen and oxygen atoms in total. The lowest BCUT2D eigenvalue weighted by Gasteiger charge is -2.08. The largest absolute Gasteiger partial charge is 0.342 e. The first kappa shape index (κ1) is 19.6. The van der Waals surface area contributed by atoms with Crippen molar-refractivity contribution in [3.05, 3.63) is 95.1 Å². The smallest absolute Gasteiger partial charge is 0.234 e. The number of thioether (sulfide) groups is 1. The van der Waals surface area contributed by atoms with Crippen molar-refractivity contribution in [1.82, 2.24) is 4.57 Å². The molecule has 0 bridgehead atoms. The van der Waals surface area contributed by atoms with Crippen LogP contribution in [0.5, 0.6) is 0 Å². The zero-order chi connectivity index (χ0) is 20.2. The van der Waals surface area contributed by atoms with Gasteiger partial charge in [0.1, 0.15) is 0 Å². The molecule has 5 heteroatoms. The fraction of sp³-hybridized carbons (Fsp3) is 0.125. The molecule has 0 aliphatic carbocycles. The van der Waals surface area contributed by atoms with Crippen LogP contribution < -0.4 is 5.32 Å². The summed E-state index contributed by atoms with van der Waals surface area (Å²) in [5.74, 6) is 0.290. The third kappa shape index (κ3) is 4.66. The summed E-state index contributed by atoms with van der Waals surface area (Å²) in [6.07, 6.45) is 2.15. The van der Waals surface area contributed by atoms with Crippen LogP contribution in [0, 0.1) is 6.92 Å². The van der Waals surface area contributed by atoms with Gasteiger partial charge in [-0.05, 0) is 42.3 Å². The number of fused-ring (bicyclic) bond motifs is 1. The Kier molecular flexibility index (Phi) is 5.93. The Morgan fingerprint density at radius 3 is 2.66 bits per heavy atom. The number of benzene rings is 3. The van der Waals surface area contributed by atoms with Crippen molar-refractivity contribution < 1.29 is 4.79 Å². The molecule has 0 fully saturated rings. The lowest BCUT2D eigenvalue weighted by molar-refractivity contribution is -0.113. The minimum atomic E-state index is -0.0481. The van der Waals surface area contributed by atoms with Gasteiger partial charge in [-0.25, -0.2) is 0 Å². The van der Waals surface area contributed by atoms with Crippen LogP contribution in [0.3, 0.4) is 0 Å². The van der Waals surface area contributed by atoms with E-state index in [1.807, 2.05) is 18.2 Å². The van der Waals surface area contributed by atoms with Gasteiger partial charge in [-0.3, -0.25) is 4.79 Å². The van der Waals surface area contributed by atoms with Crippen molar-refractivity contribution in [3.63, 3.8) is 0 Å². The molecular weight excluding hydrogens is 400 g/mol. The van der Waals surface area contributed by atoms with E-state index in [9.17, 15) is 4.79 Å². The van der Waals surface area contributed by atoms with Crippen molar-refractivity contribution >= 4 is 45.9 Å². The van der Waals surface area contributed by atoms with Gasteiger partial charge in [0.2, 0.25) is 5.91 Å². The zero-order valence-corrected chi connectivity index (χ0v) is 17.6. The number of aryl methyl sites for hydroxylation is 1. The van der Waals surface area contributed by atoms with E-state index >= 15 is 0 Å². The Bertz CT molecular complexity index is 1170. The number of para-hydroxylation sites is 1. The van der Waals surface area contributed by atoms with Gasteiger partial charge in [-0.15, -0.1) is 11.8 Å². The molecule has 4 aromatic rings. The minimum absolute atomic E-state index is 0.0481. The molecule has 3 aromatic carbocycles. The predicted octanol–water partition coefficient (Wildman–Crippen LogP) is 6.38. The highest BCUT2D eigenvalue weighted by molar-refractivity contribution is 8.00. The van der Waals surface area contributed by atoms with E-state index in [1.165, 1.54) is 22.0 Å². The number of aromatic nitrogens is 1. The second-order valence-electron chi connectivity index (χ2n) is 6.91. The molecule has 0 saturated carbocycles. The van der Waals surface area contributed by atoms with E-state index in [0.29, 0.717) is 16.5 Å². The summed E-state index contributed by atoms with van der Waals surface area (Å²) in [7, 11) is 0. The maximum atomic E-state index is 12.4. The number of amides is 1. The number of anilines is 1. The fourth-order valence-corrected chi connectivity index (χ4v) is 4.42. The van der Waals surface area contributed by atoms with Crippen LogP contribution in [-0.4, -0.2) is 16.2 Å². The van der Waals surface area contributed by atoms with Gasteiger partial charge in [0.05, 0.1) is 5.75 Å². The molecule has 0 atom stereocenters. The van der Waals surface area contributed by atoms with Crippen molar-refractivity contribution in [2.45, 2.75) is 18.4 Å². The Balaban J connectivity index is 1.52. The lowest BCUT2D eigenvalue weighted by Crippen LogP contribution is -2.13. The Labute approximate surface area is 179 Å².